The number of hydrogen-bond donors (Lipinski definition) is 1. The highest BCUT2D eigenvalue weighted by molar-refractivity contribution is 6.15. The third kappa shape index (κ3) is 9.13. The quantitative estimate of drug-likeness (QED) is 0.0912. The lowest BCUT2D eigenvalue weighted by Crippen LogP contribution is -2.05. The third-order valence-corrected chi connectivity index (χ3v) is 12.5. The van der Waals surface area contributed by atoms with E-state index in [1.54, 1.807) is 134 Å². The fraction of sp³-hybridized carbons (Fsp3) is 0.214. The van der Waals surface area contributed by atoms with Crippen LogP contribution in [0.2, 0.25) is 0 Å². The first-order valence-corrected chi connectivity index (χ1v) is 22.5. The highest BCUT2D eigenvalue weighted by Crippen LogP contribution is 2.59. The number of nitrogens with zero attached hydrogens (tertiary/aromatic N) is 3. The van der Waals surface area contributed by atoms with Gasteiger partial charge in [-0.15, -0.1) is 0 Å². The second kappa shape index (κ2) is 21.5. The summed E-state index contributed by atoms with van der Waals surface area (Å²) in [5, 5.41) is 0. The summed E-state index contributed by atoms with van der Waals surface area (Å²) in [7, 11) is 19.0. The van der Waals surface area contributed by atoms with Gasteiger partial charge in [0.25, 0.3) is 0 Å². The SMILES string of the molecule is COc1cc(OC)c(-c2c(-c3c(OC)cc(OC)cc3OC)c3c(-c4c(OC)cc(OC)cc4OC)c4nc(cc5ccc(cc6nc(cc2n3-c2c(OC)cc(OC)cc2OC)C=C6)[nH]5)C=C4)c(OC)c1.[Al]. The average Bonchev–Trinajstić information content (AvgIpc) is 4.24. The van der Waals surface area contributed by atoms with Crippen LogP contribution in [0.1, 0.15) is 22.8 Å². The van der Waals surface area contributed by atoms with Gasteiger partial charge in [0.15, 0.2) is 0 Å². The van der Waals surface area contributed by atoms with E-state index in [0.717, 1.165) is 11.0 Å². The molecule has 0 unspecified atom stereocenters. The number of hydrogen-bond acceptors (Lipinski definition) is 14. The molecule has 2 aliphatic rings. The molecule has 2 aliphatic heterocycles. The Kier molecular flexibility index (Phi) is 15.0. The van der Waals surface area contributed by atoms with Crippen molar-refractivity contribution in [3.8, 4) is 108 Å². The van der Waals surface area contributed by atoms with E-state index in [0.29, 0.717) is 142 Å². The summed E-state index contributed by atoms with van der Waals surface area (Å²) in [5.74, 6) is 5.00. The molecule has 0 amide bonds. The van der Waals surface area contributed by atoms with E-state index < -0.39 is 0 Å². The van der Waals surface area contributed by atoms with Gasteiger partial charge in [-0.25, -0.2) is 9.97 Å². The molecule has 5 heterocycles. The molecule has 0 saturated heterocycles. The summed E-state index contributed by atoms with van der Waals surface area (Å²) < 4.78 is 76.6. The van der Waals surface area contributed by atoms with Gasteiger partial charge in [-0.1, -0.05) is 0 Å². The van der Waals surface area contributed by atoms with Crippen LogP contribution in [0, 0.1) is 0 Å². The Bertz CT molecular complexity index is 3390. The summed E-state index contributed by atoms with van der Waals surface area (Å²) in [6, 6.07) is 24.3. The highest BCUT2D eigenvalue weighted by atomic mass is 27.0. The molecule has 0 aliphatic carbocycles. The Labute approximate surface area is 433 Å². The molecule has 0 fully saturated rings. The molecule has 373 valence electrons. The summed E-state index contributed by atoms with van der Waals surface area (Å²) in [5.41, 5.74) is 8.68. The number of aromatic amines is 1. The van der Waals surface area contributed by atoms with E-state index in [2.05, 4.69) is 4.98 Å². The zero-order valence-electron chi connectivity index (χ0n) is 42.6. The molecule has 7 aromatic rings. The van der Waals surface area contributed by atoms with E-state index in [9.17, 15) is 0 Å². The third-order valence-electron chi connectivity index (χ3n) is 12.5. The summed E-state index contributed by atoms with van der Waals surface area (Å²) in [6.45, 7) is 0. The molecule has 8 bridgehead atoms. The molecule has 17 heteroatoms. The lowest BCUT2D eigenvalue weighted by atomic mass is 9.90. The lowest BCUT2D eigenvalue weighted by molar-refractivity contribution is 0.374. The Morgan fingerprint density at radius 2 is 0.685 bits per heavy atom. The Morgan fingerprint density at radius 3 is 1.08 bits per heavy atom. The maximum absolute atomic E-state index is 6.42. The normalized spacial score (nSPS) is 11.3. The molecule has 0 atom stereocenters. The minimum absolute atomic E-state index is 0. The fourth-order valence-electron chi connectivity index (χ4n) is 9.23. The molecule has 0 saturated carbocycles. The van der Waals surface area contributed by atoms with Gasteiger partial charge in [0, 0.05) is 93.6 Å². The number of ether oxygens (including phenoxy) is 12. The maximum Gasteiger partial charge on any atom is 0.150 e. The number of nitrogens with one attached hydrogen (secondary N) is 1. The Morgan fingerprint density at radius 1 is 0.342 bits per heavy atom. The van der Waals surface area contributed by atoms with Gasteiger partial charge < -0.3 is 66.4 Å². The van der Waals surface area contributed by atoms with E-state index in [1.807, 2.05) is 59.2 Å². The van der Waals surface area contributed by atoms with Crippen molar-refractivity contribution in [2.75, 3.05) is 85.3 Å². The summed E-state index contributed by atoms with van der Waals surface area (Å²) >= 11 is 0. The fourth-order valence-corrected chi connectivity index (χ4v) is 9.23. The number of benzene rings is 4. The van der Waals surface area contributed by atoms with Crippen molar-refractivity contribution in [2.45, 2.75) is 0 Å². The first-order valence-electron chi connectivity index (χ1n) is 22.5. The van der Waals surface area contributed by atoms with Gasteiger partial charge in [0.05, 0.1) is 136 Å². The minimum atomic E-state index is 0. The van der Waals surface area contributed by atoms with Crippen molar-refractivity contribution in [3.63, 3.8) is 0 Å². The van der Waals surface area contributed by atoms with Crippen molar-refractivity contribution in [1.29, 1.82) is 0 Å². The highest BCUT2D eigenvalue weighted by Gasteiger charge is 2.36. The molecule has 9 rings (SSSR count). The van der Waals surface area contributed by atoms with Crippen LogP contribution in [0.5, 0.6) is 69.0 Å². The van der Waals surface area contributed by atoms with Crippen LogP contribution in [0.4, 0.5) is 0 Å². The molecule has 0 spiro atoms. The standard InChI is InChI=1S/C56H54N4O12.Al/c1-61-35-22-41(65-5)51(42(23-35)66-6)49-39-18-17-33(59-39)20-32-14-13-30(57-32)19-31-15-16-34(58-31)21-40-50(52-43(67-7)24-36(62-2)25-44(52)68-8)54(53-45(69-9)26-37(63-3)27-46(53)70-10)56(49)60(40)55-47(71-11)28-38(64-4)29-48(55)72-12;/h13-29,57H,1-12H3;. The first-order chi connectivity index (χ1) is 35.1. The minimum Gasteiger partial charge on any atom is -0.496 e. The van der Waals surface area contributed by atoms with Gasteiger partial charge in [-0.05, 0) is 54.6 Å². The zero-order valence-corrected chi connectivity index (χ0v) is 43.8. The largest absolute Gasteiger partial charge is 0.496 e. The van der Waals surface area contributed by atoms with E-state index in [1.165, 1.54) is 0 Å². The molecular weight excluding hydrogens is 948 g/mol. The number of H-pyrrole nitrogens is 1. The average molecular weight is 1000 g/mol. The molecule has 1 N–H and O–H groups in total. The molecule has 73 heavy (non-hydrogen) atoms. The van der Waals surface area contributed by atoms with Crippen LogP contribution < -0.4 is 56.8 Å². The second-order valence-corrected chi connectivity index (χ2v) is 16.1. The molecule has 3 aromatic heterocycles. The Hall–Kier alpha value is -8.39. The van der Waals surface area contributed by atoms with Crippen LogP contribution in [0.3, 0.4) is 0 Å². The number of fused-ring (bicyclic) bond motifs is 8. The second-order valence-electron chi connectivity index (χ2n) is 16.1. The van der Waals surface area contributed by atoms with Gasteiger partial charge in [-0.2, -0.15) is 0 Å². The monoisotopic (exact) mass is 1000 g/mol. The van der Waals surface area contributed by atoms with Gasteiger partial charge in [-0.3, -0.25) is 0 Å². The predicted octanol–water partition coefficient (Wildman–Crippen LogP) is 10.8. The predicted molar refractivity (Wildman–Crippen MR) is 285 cm³/mol. The van der Waals surface area contributed by atoms with E-state index in [-0.39, 0.29) is 17.4 Å². The molecule has 16 nitrogen and oxygen atoms in total. The summed E-state index contributed by atoms with van der Waals surface area (Å²) in [6.07, 6.45) is 7.80. The summed E-state index contributed by atoms with van der Waals surface area (Å²) in [4.78, 5) is 14.1. The molecule has 3 radical (unpaired) electrons. The van der Waals surface area contributed by atoms with Crippen molar-refractivity contribution < 1.29 is 56.8 Å². The number of methoxy groups -OCH3 is 12. The maximum atomic E-state index is 6.42. The number of rotatable bonds is 16. The first kappa shape index (κ1) is 51.0. The smallest absolute Gasteiger partial charge is 0.150 e. The van der Waals surface area contributed by atoms with Crippen LogP contribution in [0.25, 0.3) is 85.4 Å². The lowest BCUT2D eigenvalue weighted by Gasteiger charge is -2.22. The van der Waals surface area contributed by atoms with Gasteiger partial charge in [0.2, 0.25) is 0 Å². The molecular formula is C56H54AlN4O12. The number of aromatic nitrogens is 4. The van der Waals surface area contributed by atoms with Gasteiger partial charge >= 0.3 is 0 Å². The zero-order chi connectivity index (χ0) is 50.8. The van der Waals surface area contributed by atoms with Crippen LogP contribution in [-0.4, -0.2) is 122 Å². The van der Waals surface area contributed by atoms with Gasteiger partial charge in [0.1, 0.15) is 74.7 Å². The van der Waals surface area contributed by atoms with Crippen molar-refractivity contribution in [3.05, 3.63) is 102 Å². The van der Waals surface area contributed by atoms with Crippen molar-refractivity contribution in [1.82, 2.24) is 19.5 Å². The topological polar surface area (TPSA) is 157 Å². The Balaban J connectivity index is 0.00000711. The van der Waals surface area contributed by atoms with Crippen molar-refractivity contribution >= 4 is 63.7 Å². The van der Waals surface area contributed by atoms with Crippen LogP contribution in [-0.2, 0) is 0 Å². The van der Waals surface area contributed by atoms with E-state index >= 15 is 0 Å². The van der Waals surface area contributed by atoms with Crippen LogP contribution >= 0.6 is 0 Å². The van der Waals surface area contributed by atoms with Crippen LogP contribution in [0.15, 0.2) is 78.9 Å². The molecule has 4 aromatic carbocycles. The van der Waals surface area contributed by atoms with E-state index in [4.69, 9.17) is 66.8 Å². The van der Waals surface area contributed by atoms with Crippen molar-refractivity contribution in [2.24, 2.45) is 0 Å².